The number of amides is 1. The van der Waals surface area contributed by atoms with Crippen molar-refractivity contribution in [2.75, 3.05) is 42.3 Å². The van der Waals surface area contributed by atoms with E-state index in [0.29, 0.717) is 5.82 Å². The number of thiophene rings is 1. The van der Waals surface area contributed by atoms with E-state index in [-0.39, 0.29) is 11.7 Å². The highest BCUT2D eigenvalue weighted by Crippen LogP contribution is 2.30. The molecule has 32 heavy (non-hydrogen) atoms. The fraction of sp³-hybridized carbons (Fsp3) is 0.208. The quantitative estimate of drug-likeness (QED) is 0.324. The molecule has 2 aromatic heterocycles. The highest BCUT2D eigenvalue weighted by atomic mass is 32.2. The number of carbonyl (C=O) groups excluding carboxylic acids is 1. The Bertz CT molecular complexity index is 1210. The minimum atomic E-state index is -0.0607. The van der Waals surface area contributed by atoms with E-state index in [2.05, 4.69) is 10.2 Å². The van der Waals surface area contributed by atoms with Crippen LogP contribution in [0.3, 0.4) is 0 Å². The van der Waals surface area contributed by atoms with E-state index in [1.54, 1.807) is 11.3 Å². The van der Waals surface area contributed by atoms with E-state index in [4.69, 9.17) is 14.7 Å². The zero-order chi connectivity index (χ0) is 21.8. The van der Waals surface area contributed by atoms with Crippen LogP contribution in [-0.2, 0) is 9.53 Å². The summed E-state index contributed by atoms with van der Waals surface area (Å²) in [5.74, 6) is 0.908. The smallest absolute Gasteiger partial charge is 0.234 e. The predicted octanol–water partition coefficient (Wildman–Crippen LogP) is 4.93. The van der Waals surface area contributed by atoms with E-state index >= 15 is 0 Å². The monoisotopic (exact) mass is 462 g/mol. The van der Waals surface area contributed by atoms with Crippen molar-refractivity contribution in [1.82, 2.24) is 9.97 Å². The summed E-state index contributed by atoms with van der Waals surface area (Å²) in [6, 6.07) is 19.9. The van der Waals surface area contributed by atoms with Gasteiger partial charge >= 0.3 is 0 Å². The largest absolute Gasteiger partial charge is 0.378 e. The van der Waals surface area contributed by atoms with Crippen molar-refractivity contribution in [2.45, 2.75) is 5.03 Å². The number of fused-ring (bicyclic) bond motifs is 1. The van der Waals surface area contributed by atoms with E-state index < -0.39 is 0 Å². The van der Waals surface area contributed by atoms with Crippen LogP contribution >= 0.6 is 23.1 Å². The summed E-state index contributed by atoms with van der Waals surface area (Å²) in [6.45, 7) is 3.29. The van der Waals surface area contributed by atoms with E-state index in [1.165, 1.54) is 11.8 Å². The Balaban J connectivity index is 1.27. The van der Waals surface area contributed by atoms with Crippen molar-refractivity contribution in [2.24, 2.45) is 0 Å². The Morgan fingerprint density at radius 2 is 1.84 bits per heavy atom. The molecule has 1 amide bonds. The minimum Gasteiger partial charge on any atom is -0.378 e. The zero-order valence-electron chi connectivity index (χ0n) is 17.4. The molecule has 0 bridgehead atoms. The summed E-state index contributed by atoms with van der Waals surface area (Å²) in [5, 5.41) is 6.78. The molecular formula is C24H22N4O2S2. The molecule has 3 heterocycles. The first-order valence-corrected chi connectivity index (χ1v) is 12.3. The molecule has 1 aliphatic rings. The third-order valence-electron chi connectivity index (χ3n) is 5.18. The molecular weight excluding hydrogens is 440 g/mol. The molecule has 0 aliphatic carbocycles. The second-order valence-electron chi connectivity index (χ2n) is 7.33. The van der Waals surface area contributed by atoms with E-state index in [9.17, 15) is 4.79 Å². The predicted molar refractivity (Wildman–Crippen MR) is 132 cm³/mol. The molecule has 6 nitrogen and oxygen atoms in total. The molecule has 5 rings (SSSR count). The molecule has 2 aromatic carbocycles. The standard InChI is InChI=1S/C24H22N4O2S2/c29-22(25-17-7-9-18(10-8-17)28-11-13-30-14-12-28)16-32-24-19-4-1-2-5-20(19)26-23(27-24)21-6-3-15-31-21/h1-10,15H,11-14,16H2,(H,25,29). The van der Waals surface area contributed by atoms with Crippen molar-refractivity contribution in [3.05, 3.63) is 66.0 Å². The lowest BCUT2D eigenvalue weighted by Crippen LogP contribution is -2.36. The number of morpholine rings is 1. The van der Waals surface area contributed by atoms with Gasteiger partial charge in [0, 0.05) is 29.9 Å². The highest BCUT2D eigenvalue weighted by Gasteiger charge is 2.14. The maximum atomic E-state index is 12.6. The lowest BCUT2D eigenvalue weighted by Gasteiger charge is -2.28. The van der Waals surface area contributed by atoms with Gasteiger partial charge in [0.1, 0.15) is 5.03 Å². The van der Waals surface area contributed by atoms with Crippen molar-refractivity contribution in [3.8, 4) is 10.7 Å². The van der Waals surface area contributed by atoms with Gasteiger partial charge in [-0.3, -0.25) is 4.79 Å². The van der Waals surface area contributed by atoms with Gasteiger partial charge in [0.2, 0.25) is 5.91 Å². The fourth-order valence-electron chi connectivity index (χ4n) is 3.58. The summed E-state index contributed by atoms with van der Waals surface area (Å²) < 4.78 is 5.41. The number of aromatic nitrogens is 2. The molecule has 1 N–H and O–H groups in total. The van der Waals surface area contributed by atoms with Crippen LogP contribution in [0.25, 0.3) is 21.6 Å². The van der Waals surface area contributed by atoms with Crippen molar-refractivity contribution >= 4 is 51.3 Å². The molecule has 1 saturated heterocycles. The Hall–Kier alpha value is -2.94. The highest BCUT2D eigenvalue weighted by molar-refractivity contribution is 8.00. The third-order valence-corrected chi connectivity index (χ3v) is 7.03. The average molecular weight is 463 g/mol. The molecule has 0 unspecified atom stereocenters. The number of hydrogen-bond acceptors (Lipinski definition) is 7. The van der Waals surface area contributed by atoms with Gasteiger partial charge in [-0.15, -0.1) is 11.3 Å². The summed E-state index contributed by atoms with van der Waals surface area (Å²) in [6.07, 6.45) is 0. The van der Waals surface area contributed by atoms with Crippen LogP contribution in [0.2, 0.25) is 0 Å². The lowest BCUT2D eigenvalue weighted by atomic mass is 10.2. The second kappa shape index (κ2) is 9.68. The molecule has 0 radical (unpaired) electrons. The first-order valence-electron chi connectivity index (χ1n) is 10.4. The number of thioether (sulfide) groups is 1. The first-order chi connectivity index (χ1) is 15.8. The number of anilines is 2. The Morgan fingerprint density at radius 3 is 2.62 bits per heavy atom. The second-order valence-corrected chi connectivity index (χ2v) is 9.24. The first kappa shape index (κ1) is 20.9. The van der Waals surface area contributed by atoms with Gasteiger partial charge in [-0.1, -0.05) is 36.0 Å². The number of nitrogens with one attached hydrogen (secondary N) is 1. The van der Waals surface area contributed by atoms with Crippen LogP contribution in [0, 0.1) is 0 Å². The number of ether oxygens (including phenoxy) is 1. The van der Waals surface area contributed by atoms with Gasteiger partial charge in [0.15, 0.2) is 5.82 Å². The summed E-state index contributed by atoms with van der Waals surface area (Å²) in [4.78, 5) is 25.4. The van der Waals surface area contributed by atoms with Crippen molar-refractivity contribution in [3.63, 3.8) is 0 Å². The Labute approximate surface area is 194 Å². The van der Waals surface area contributed by atoms with Crippen LogP contribution < -0.4 is 10.2 Å². The van der Waals surface area contributed by atoms with Crippen LogP contribution in [0.4, 0.5) is 11.4 Å². The summed E-state index contributed by atoms with van der Waals surface area (Å²) in [7, 11) is 0. The summed E-state index contributed by atoms with van der Waals surface area (Å²) >= 11 is 3.04. The number of para-hydroxylation sites is 1. The molecule has 0 saturated carbocycles. The Kier molecular flexibility index (Phi) is 6.34. The number of benzene rings is 2. The van der Waals surface area contributed by atoms with Crippen molar-refractivity contribution < 1.29 is 9.53 Å². The lowest BCUT2D eigenvalue weighted by molar-refractivity contribution is -0.113. The van der Waals surface area contributed by atoms with Crippen LogP contribution in [-0.4, -0.2) is 47.9 Å². The van der Waals surface area contributed by atoms with Crippen molar-refractivity contribution in [1.29, 1.82) is 0 Å². The van der Waals surface area contributed by atoms with Crippen LogP contribution in [0.5, 0.6) is 0 Å². The minimum absolute atomic E-state index is 0.0607. The van der Waals surface area contributed by atoms with Gasteiger partial charge in [-0.25, -0.2) is 9.97 Å². The van der Waals surface area contributed by atoms with Gasteiger partial charge in [-0.05, 0) is 41.8 Å². The number of rotatable bonds is 6. The van der Waals surface area contributed by atoms with Gasteiger partial charge in [-0.2, -0.15) is 0 Å². The molecule has 1 aliphatic heterocycles. The molecule has 1 fully saturated rings. The fourth-order valence-corrected chi connectivity index (χ4v) is 5.06. The molecule has 162 valence electrons. The SMILES string of the molecule is O=C(CSc1nc(-c2cccs2)nc2ccccc12)Nc1ccc(N2CCOCC2)cc1. The maximum absolute atomic E-state index is 12.6. The van der Waals surface area contributed by atoms with Crippen LogP contribution in [0.1, 0.15) is 0 Å². The van der Waals surface area contributed by atoms with Gasteiger partial charge in [0.05, 0.1) is 29.4 Å². The van der Waals surface area contributed by atoms with Gasteiger partial charge < -0.3 is 15.0 Å². The van der Waals surface area contributed by atoms with Crippen LogP contribution in [0.15, 0.2) is 71.1 Å². The number of hydrogen-bond donors (Lipinski definition) is 1. The summed E-state index contributed by atoms with van der Waals surface area (Å²) in [5.41, 5.74) is 2.82. The topological polar surface area (TPSA) is 67.4 Å². The average Bonchev–Trinajstić information content (AvgIpc) is 3.39. The molecule has 0 spiro atoms. The molecule has 0 atom stereocenters. The van der Waals surface area contributed by atoms with Gasteiger partial charge in [0.25, 0.3) is 0 Å². The maximum Gasteiger partial charge on any atom is 0.234 e. The van der Waals surface area contributed by atoms with E-state index in [1.807, 2.05) is 66.0 Å². The number of nitrogens with zero attached hydrogens (tertiary/aromatic N) is 3. The zero-order valence-corrected chi connectivity index (χ0v) is 19.0. The van der Waals surface area contributed by atoms with E-state index in [0.717, 1.165) is 58.5 Å². The number of carbonyl (C=O) groups is 1. The molecule has 8 heteroatoms. The molecule has 4 aromatic rings. The normalized spacial score (nSPS) is 13.9. The Morgan fingerprint density at radius 1 is 1.03 bits per heavy atom. The third kappa shape index (κ3) is 4.77.